The van der Waals surface area contributed by atoms with E-state index < -0.39 is 0 Å². The summed E-state index contributed by atoms with van der Waals surface area (Å²) in [6.45, 7) is 1.30. The second-order valence-corrected chi connectivity index (χ2v) is 2.68. The smallest absolute Gasteiger partial charge is 0.316 e. The van der Waals surface area contributed by atoms with Crippen LogP contribution in [0, 0.1) is 6.79 Å². The summed E-state index contributed by atoms with van der Waals surface area (Å²) < 4.78 is 10.2. The number of fused-ring (bicyclic) bond motifs is 2. The summed E-state index contributed by atoms with van der Waals surface area (Å²) in [5, 5.41) is 0. The molecule has 1 radical (unpaired) electrons. The molecule has 0 spiro atoms. The molecule has 0 saturated heterocycles. The lowest BCUT2D eigenvalue weighted by Gasteiger charge is -1.97. The molecular weight excluding hydrogens is 168 g/mol. The molecule has 63 valence electrons. The van der Waals surface area contributed by atoms with Crippen molar-refractivity contribution in [1.82, 2.24) is 9.97 Å². The molecule has 4 nitrogen and oxygen atoms in total. The van der Waals surface area contributed by atoms with E-state index in [9.17, 15) is 0 Å². The van der Waals surface area contributed by atoms with Gasteiger partial charge in [0.15, 0.2) is 11.5 Å². The van der Waals surface area contributed by atoms with Gasteiger partial charge in [0.2, 0.25) is 0 Å². The summed E-state index contributed by atoms with van der Waals surface area (Å²) in [6, 6.07) is 3.61. The fraction of sp³-hybridized carbons (Fsp3) is 0. The van der Waals surface area contributed by atoms with Gasteiger partial charge in [0.05, 0.1) is 11.0 Å². The van der Waals surface area contributed by atoms with Crippen LogP contribution < -0.4 is 9.47 Å². The number of benzene rings is 1. The van der Waals surface area contributed by atoms with E-state index in [-0.39, 0.29) is 0 Å². The lowest BCUT2D eigenvalue weighted by Crippen LogP contribution is -1.83. The van der Waals surface area contributed by atoms with Crippen LogP contribution in [0.5, 0.6) is 11.5 Å². The highest BCUT2D eigenvalue weighted by Crippen LogP contribution is 2.35. The van der Waals surface area contributed by atoms with Crippen LogP contribution in [0.15, 0.2) is 24.5 Å². The third-order valence-corrected chi connectivity index (χ3v) is 1.88. The Morgan fingerprint density at radius 1 is 0.846 bits per heavy atom. The van der Waals surface area contributed by atoms with E-state index in [1.165, 1.54) is 6.79 Å². The minimum atomic E-state index is 0.688. The summed E-state index contributed by atoms with van der Waals surface area (Å²) in [6.07, 6.45) is 3.29. The molecule has 0 bridgehead atoms. The number of hydrogen-bond acceptors (Lipinski definition) is 4. The molecule has 13 heavy (non-hydrogen) atoms. The zero-order valence-electron chi connectivity index (χ0n) is 6.60. The lowest BCUT2D eigenvalue weighted by atomic mass is 10.2. The molecule has 0 saturated carbocycles. The number of ether oxygens (including phenoxy) is 2. The first kappa shape index (κ1) is 6.65. The second-order valence-electron chi connectivity index (χ2n) is 2.68. The van der Waals surface area contributed by atoms with Gasteiger partial charge in [-0.15, -0.1) is 0 Å². The summed E-state index contributed by atoms with van der Waals surface area (Å²) >= 11 is 0. The maximum absolute atomic E-state index is 5.09. The van der Waals surface area contributed by atoms with Crippen molar-refractivity contribution in [2.45, 2.75) is 0 Å². The van der Waals surface area contributed by atoms with Crippen molar-refractivity contribution in [1.29, 1.82) is 0 Å². The molecule has 0 fully saturated rings. The molecule has 3 rings (SSSR count). The molecule has 0 N–H and O–H groups in total. The van der Waals surface area contributed by atoms with E-state index in [0.29, 0.717) is 11.5 Å². The molecule has 1 aliphatic heterocycles. The molecule has 0 aliphatic carbocycles. The fourth-order valence-corrected chi connectivity index (χ4v) is 1.28. The molecule has 4 heteroatoms. The standard InChI is InChI=1S/C9H5N2O2/c1-2-11-7-4-9-8(12-5-13-9)3-6(7)10-1/h1-5H. The van der Waals surface area contributed by atoms with E-state index in [1.807, 2.05) is 0 Å². The van der Waals surface area contributed by atoms with Gasteiger partial charge in [-0.3, -0.25) is 9.97 Å². The Morgan fingerprint density at radius 2 is 1.38 bits per heavy atom. The van der Waals surface area contributed by atoms with E-state index >= 15 is 0 Å². The molecule has 2 heterocycles. The van der Waals surface area contributed by atoms with Gasteiger partial charge in [-0.25, -0.2) is 0 Å². The zero-order valence-corrected chi connectivity index (χ0v) is 6.60. The third kappa shape index (κ3) is 0.917. The van der Waals surface area contributed by atoms with Crippen LogP contribution >= 0.6 is 0 Å². The summed E-state index contributed by atoms with van der Waals surface area (Å²) in [5.41, 5.74) is 1.61. The number of aromatic nitrogens is 2. The largest absolute Gasteiger partial charge is 0.444 e. The highest BCUT2D eigenvalue weighted by molar-refractivity contribution is 5.78. The van der Waals surface area contributed by atoms with Crippen molar-refractivity contribution >= 4 is 11.0 Å². The van der Waals surface area contributed by atoms with Gasteiger partial charge in [-0.05, 0) is 0 Å². The van der Waals surface area contributed by atoms with Crippen LogP contribution in [0.2, 0.25) is 0 Å². The van der Waals surface area contributed by atoms with Gasteiger partial charge in [-0.1, -0.05) is 0 Å². The van der Waals surface area contributed by atoms with Gasteiger partial charge in [0.1, 0.15) is 0 Å². The number of rotatable bonds is 0. The SMILES string of the molecule is [CH]1Oc2cc3nccnc3cc2O1. The average molecular weight is 173 g/mol. The molecule has 0 unspecified atom stereocenters. The van der Waals surface area contributed by atoms with E-state index in [2.05, 4.69) is 9.97 Å². The Kier molecular flexibility index (Phi) is 1.19. The van der Waals surface area contributed by atoms with Gasteiger partial charge in [0, 0.05) is 24.5 Å². The lowest BCUT2D eigenvalue weighted by molar-refractivity contribution is 0.270. The fourth-order valence-electron chi connectivity index (χ4n) is 1.28. The Labute approximate surface area is 74.1 Å². The molecule has 1 aromatic heterocycles. The van der Waals surface area contributed by atoms with Crippen LogP contribution in [0.1, 0.15) is 0 Å². The van der Waals surface area contributed by atoms with Gasteiger partial charge < -0.3 is 9.47 Å². The van der Waals surface area contributed by atoms with Crippen molar-refractivity contribution in [2.75, 3.05) is 0 Å². The summed E-state index contributed by atoms with van der Waals surface area (Å²) in [5.74, 6) is 1.38. The van der Waals surface area contributed by atoms with Crippen molar-refractivity contribution in [3.63, 3.8) is 0 Å². The van der Waals surface area contributed by atoms with Crippen LogP contribution in [0.3, 0.4) is 0 Å². The van der Waals surface area contributed by atoms with E-state index in [0.717, 1.165) is 11.0 Å². The van der Waals surface area contributed by atoms with Crippen molar-refractivity contribution < 1.29 is 9.47 Å². The quantitative estimate of drug-likeness (QED) is 0.605. The molecule has 1 aliphatic rings. The summed E-state index contributed by atoms with van der Waals surface area (Å²) in [7, 11) is 0. The van der Waals surface area contributed by atoms with Gasteiger partial charge >= 0.3 is 6.79 Å². The number of nitrogens with zero attached hydrogens (tertiary/aromatic N) is 2. The first-order valence-electron chi connectivity index (χ1n) is 3.83. The van der Waals surface area contributed by atoms with Crippen LogP contribution in [-0.2, 0) is 0 Å². The van der Waals surface area contributed by atoms with Crippen LogP contribution in [0.4, 0.5) is 0 Å². The maximum atomic E-state index is 5.09. The van der Waals surface area contributed by atoms with Gasteiger partial charge in [-0.2, -0.15) is 0 Å². The third-order valence-electron chi connectivity index (χ3n) is 1.88. The first-order chi connectivity index (χ1) is 6.43. The Balaban J connectivity index is 2.36. The maximum Gasteiger partial charge on any atom is 0.316 e. The molecule has 0 atom stereocenters. The monoisotopic (exact) mass is 173 g/mol. The molecule has 0 amide bonds. The highest BCUT2D eigenvalue weighted by Gasteiger charge is 2.15. The van der Waals surface area contributed by atoms with E-state index in [4.69, 9.17) is 9.47 Å². The molecule has 1 aromatic carbocycles. The topological polar surface area (TPSA) is 44.2 Å². The predicted molar refractivity (Wildman–Crippen MR) is 45.1 cm³/mol. The Bertz CT molecular complexity index is 428. The average Bonchev–Trinajstić information content (AvgIpc) is 2.61. The van der Waals surface area contributed by atoms with Crippen LogP contribution in [0.25, 0.3) is 11.0 Å². The van der Waals surface area contributed by atoms with Crippen molar-refractivity contribution in [3.05, 3.63) is 31.3 Å². The minimum Gasteiger partial charge on any atom is -0.444 e. The summed E-state index contributed by atoms with van der Waals surface area (Å²) in [4.78, 5) is 8.29. The molecule has 2 aromatic rings. The van der Waals surface area contributed by atoms with Crippen LogP contribution in [-0.4, -0.2) is 9.97 Å². The Morgan fingerprint density at radius 3 is 1.92 bits per heavy atom. The van der Waals surface area contributed by atoms with Crippen molar-refractivity contribution in [3.8, 4) is 11.5 Å². The highest BCUT2D eigenvalue weighted by atomic mass is 16.7. The van der Waals surface area contributed by atoms with Crippen molar-refractivity contribution in [2.24, 2.45) is 0 Å². The predicted octanol–water partition coefficient (Wildman–Crippen LogP) is 1.52. The first-order valence-corrected chi connectivity index (χ1v) is 3.83. The normalized spacial score (nSPS) is 13.5. The van der Waals surface area contributed by atoms with Gasteiger partial charge in [0.25, 0.3) is 0 Å². The zero-order chi connectivity index (χ0) is 8.67. The second kappa shape index (κ2) is 2.32. The molecular formula is C9H5N2O2. The number of hydrogen-bond donors (Lipinski definition) is 0. The minimum absolute atomic E-state index is 0.688. The van der Waals surface area contributed by atoms with E-state index in [1.54, 1.807) is 24.5 Å². The Hall–Kier alpha value is -1.84.